The number of amides is 1. The summed E-state index contributed by atoms with van der Waals surface area (Å²) < 4.78 is 5.64. The van der Waals surface area contributed by atoms with E-state index in [1.54, 1.807) is 41.3 Å². The Morgan fingerprint density at radius 1 is 1.03 bits per heavy atom. The minimum Gasteiger partial charge on any atom is -0.484 e. The van der Waals surface area contributed by atoms with E-state index in [0.717, 1.165) is 31.4 Å². The van der Waals surface area contributed by atoms with Crippen molar-refractivity contribution in [2.45, 2.75) is 38.1 Å². The van der Waals surface area contributed by atoms with E-state index in [9.17, 15) is 14.7 Å². The van der Waals surface area contributed by atoms with Crippen LogP contribution in [0.1, 0.15) is 52.6 Å². The van der Waals surface area contributed by atoms with Crippen molar-refractivity contribution in [3.63, 3.8) is 0 Å². The molecule has 0 unspecified atom stereocenters. The lowest BCUT2D eigenvalue weighted by Gasteiger charge is -2.25. The van der Waals surface area contributed by atoms with Crippen molar-refractivity contribution < 1.29 is 19.4 Å². The molecule has 1 atom stereocenters. The smallest absolute Gasteiger partial charge is 0.337 e. The molecule has 1 aliphatic rings. The highest BCUT2D eigenvalue weighted by Gasteiger charge is 2.31. The van der Waals surface area contributed by atoms with E-state index in [2.05, 4.69) is 12.1 Å². The highest BCUT2D eigenvalue weighted by Crippen LogP contribution is 2.32. The van der Waals surface area contributed by atoms with E-state index in [4.69, 9.17) is 21.3 Å². The van der Waals surface area contributed by atoms with Crippen molar-refractivity contribution in [3.05, 3.63) is 94.3 Å². The van der Waals surface area contributed by atoms with E-state index in [1.165, 1.54) is 5.56 Å². The fourth-order valence-electron chi connectivity index (χ4n) is 4.33. The summed E-state index contributed by atoms with van der Waals surface area (Å²) in [5.74, 6) is -0.519. The summed E-state index contributed by atoms with van der Waals surface area (Å²) in [7, 11) is 0. The molecule has 1 fully saturated rings. The second-order valence-electron chi connectivity index (χ2n) is 8.36. The number of carboxylic acid groups (broad SMARTS) is 1. The molecule has 1 saturated heterocycles. The number of hydrogen-bond acceptors (Lipinski definition) is 4. The quantitative estimate of drug-likeness (QED) is 0.448. The number of benzene rings is 2. The standard InChI is InChI=1S/C27H27ClN2O4/c28-20-11-13-21(14-12-20)34-18-26(31)30-17-5-10-25(30)24-16-15-22(27(32)33)23(29-24)9-4-8-19-6-2-1-3-7-19/h1-3,6-7,11-16,25H,4-5,8-10,17-18H2,(H,32,33)/t25-/m1/s1. The molecule has 1 amide bonds. The molecular weight excluding hydrogens is 452 g/mol. The van der Waals surface area contributed by atoms with Crippen molar-refractivity contribution in [2.75, 3.05) is 13.2 Å². The molecule has 2 aromatic carbocycles. The van der Waals surface area contributed by atoms with Crippen molar-refractivity contribution in [1.82, 2.24) is 9.88 Å². The molecule has 6 nitrogen and oxygen atoms in total. The van der Waals surface area contributed by atoms with E-state index < -0.39 is 5.97 Å². The fourth-order valence-corrected chi connectivity index (χ4v) is 4.45. The maximum absolute atomic E-state index is 12.9. The molecule has 1 N–H and O–H groups in total. The first kappa shape index (κ1) is 23.8. The lowest BCUT2D eigenvalue weighted by atomic mass is 10.0. The third kappa shape index (κ3) is 5.94. The molecule has 1 aromatic heterocycles. The van der Waals surface area contributed by atoms with Crippen molar-refractivity contribution >= 4 is 23.5 Å². The zero-order chi connectivity index (χ0) is 23.9. The maximum Gasteiger partial charge on any atom is 0.337 e. The Labute approximate surface area is 204 Å². The minimum atomic E-state index is -0.982. The lowest BCUT2D eigenvalue weighted by Crippen LogP contribution is -2.35. The molecule has 0 aliphatic carbocycles. The number of hydrogen-bond donors (Lipinski definition) is 1. The first-order valence-electron chi connectivity index (χ1n) is 11.5. The third-order valence-corrected chi connectivity index (χ3v) is 6.29. The van der Waals surface area contributed by atoms with Gasteiger partial charge >= 0.3 is 5.97 Å². The van der Waals surface area contributed by atoms with E-state index >= 15 is 0 Å². The van der Waals surface area contributed by atoms with Crippen LogP contribution in [0.4, 0.5) is 0 Å². The Morgan fingerprint density at radius 3 is 2.53 bits per heavy atom. The summed E-state index contributed by atoms with van der Waals surface area (Å²) in [6.07, 6.45) is 3.86. The molecule has 7 heteroatoms. The summed E-state index contributed by atoms with van der Waals surface area (Å²) in [5, 5.41) is 10.2. The summed E-state index contributed by atoms with van der Waals surface area (Å²) in [6, 6.07) is 20.2. The molecule has 0 radical (unpaired) electrons. The number of aromatic carboxylic acids is 1. The number of aromatic nitrogens is 1. The number of carboxylic acids is 1. The van der Waals surface area contributed by atoms with Crippen molar-refractivity contribution in [1.29, 1.82) is 0 Å². The Hall–Kier alpha value is -3.38. The Kier molecular flexibility index (Phi) is 7.80. The number of nitrogens with zero attached hydrogens (tertiary/aromatic N) is 2. The zero-order valence-corrected chi connectivity index (χ0v) is 19.6. The summed E-state index contributed by atoms with van der Waals surface area (Å²) in [5.41, 5.74) is 2.73. The molecule has 0 bridgehead atoms. The van der Waals surface area contributed by atoms with Gasteiger partial charge in [0, 0.05) is 11.6 Å². The highest BCUT2D eigenvalue weighted by atomic mass is 35.5. The number of carbonyl (C=O) groups excluding carboxylic acids is 1. The van der Waals surface area contributed by atoms with Crippen molar-refractivity contribution in [3.8, 4) is 5.75 Å². The largest absolute Gasteiger partial charge is 0.484 e. The number of rotatable bonds is 9. The van der Waals surface area contributed by atoms with Gasteiger partial charge in [-0.15, -0.1) is 0 Å². The van der Waals surface area contributed by atoms with Gasteiger partial charge in [0.15, 0.2) is 6.61 Å². The second kappa shape index (κ2) is 11.2. The van der Waals surface area contributed by atoms with Crippen LogP contribution >= 0.6 is 11.6 Å². The molecule has 0 spiro atoms. The topological polar surface area (TPSA) is 79.7 Å². The van der Waals surface area contributed by atoms with E-state index in [0.29, 0.717) is 29.4 Å². The second-order valence-corrected chi connectivity index (χ2v) is 8.80. The monoisotopic (exact) mass is 478 g/mol. The summed E-state index contributed by atoms with van der Waals surface area (Å²) in [4.78, 5) is 31.2. The van der Waals surface area contributed by atoms with Crippen LogP contribution < -0.4 is 4.74 Å². The number of carbonyl (C=O) groups is 2. The summed E-state index contributed by atoms with van der Waals surface area (Å²) >= 11 is 5.90. The first-order valence-corrected chi connectivity index (χ1v) is 11.8. The van der Waals surface area contributed by atoms with Crippen LogP contribution in [0.5, 0.6) is 5.75 Å². The van der Waals surface area contributed by atoms with Gasteiger partial charge in [0.1, 0.15) is 5.75 Å². The van der Waals surface area contributed by atoms with Crippen LogP contribution in [0.25, 0.3) is 0 Å². The molecule has 176 valence electrons. The van der Waals surface area contributed by atoms with Gasteiger partial charge in [0.05, 0.1) is 23.0 Å². The van der Waals surface area contributed by atoms with Crippen molar-refractivity contribution in [2.24, 2.45) is 0 Å². The zero-order valence-electron chi connectivity index (χ0n) is 18.8. The van der Waals surface area contributed by atoms with E-state index in [1.807, 2.05) is 18.2 Å². The average molecular weight is 479 g/mol. The van der Waals surface area contributed by atoms with Crippen LogP contribution in [0.2, 0.25) is 5.02 Å². The van der Waals surface area contributed by atoms with Gasteiger partial charge in [-0.2, -0.15) is 0 Å². The minimum absolute atomic E-state index is 0.0741. The van der Waals surface area contributed by atoms with Gasteiger partial charge in [-0.05, 0) is 74.1 Å². The van der Waals surface area contributed by atoms with E-state index in [-0.39, 0.29) is 24.1 Å². The Morgan fingerprint density at radius 2 is 1.79 bits per heavy atom. The molecule has 2 heterocycles. The number of ether oxygens (including phenoxy) is 1. The molecule has 1 aliphatic heterocycles. The van der Waals surface area contributed by atoms with Crippen LogP contribution in [0.3, 0.4) is 0 Å². The molecule has 34 heavy (non-hydrogen) atoms. The predicted octanol–water partition coefficient (Wildman–Crippen LogP) is 5.35. The SMILES string of the molecule is O=C(O)c1ccc([C@H]2CCCN2C(=O)COc2ccc(Cl)cc2)nc1CCCc1ccccc1. The molecule has 4 rings (SSSR count). The van der Waals surface area contributed by atoms with Gasteiger partial charge in [0.2, 0.25) is 0 Å². The number of halogens is 1. The van der Waals surface area contributed by atoms with Gasteiger partial charge in [-0.1, -0.05) is 41.9 Å². The average Bonchev–Trinajstić information content (AvgIpc) is 3.34. The molecule has 3 aromatic rings. The van der Waals surface area contributed by atoms with Crippen LogP contribution in [-0.2, 0) is 17.6 Å². The number of pyridine rings is 1. The highest BCUT2D eigenvalue weighted by molar-refractivity contribution is 6.30. The predicted molar refractivity (Wildman–Crippen MR) is 130 cm³/mol. The summed E-state index contributed by atoms with van der Waals surface area (Å²) in [6.45, 7) is 0.550. The first-order chi connectivity index (χ1) is 16.5. The normalized spacial score (nSPS) is 15.3. The Balaban J connectivity index is 1.44. The number of aryl methyl sites for hydroxylation is 2. The third-order valence-electron chi connectivity index (χ3n) is 6.04. The molecule has 0 saturated carbocycles. The molecular formula is C27H27ClN2O4. The van der Waals surface area contributed by atoms with Gasteiger partial charge in [-0.3, -0.25) is 9.78 Å². The number of likely N-dealkylation sites (tertiary alicyclic amines) is 1. The van der Waals surface area contributed by atoms with Gasteiger partial charge in [0.25, 0.3) is 5.91 Å². The fraction of sp³-hybridized carbons (Fsp3) is 0.296. The van der Waals surface area contributed by atoms with Crippen LogP contribution in [0.15, 0.2) is 66.7 Å². The van der Waals surface area contributed by atoms with Crippen LogP contribution in [0, 0.1) is 0 Å². The van der Waals surface area contributed by atoms with Gasteiger partial charge < -0.3 is 14.7 Å². The van der Waals surface area contributed by atoms with Crippen LogP contribution in [-0.4, -0.2) is 40.0 Å². The lowest BCUT2D eigenvalue weighted by molar-refractivity contribution is -0.134. The maximum atomic E-state index is 12.9. The Bertz CT molecular complexity index is 1140. The van der Waals surface area contributed by atoms with Gasteiger partial charge in [-0.25, -0.2) is 4.79 Å².